The Balaban J connectivity index is 2.38. The smallest absolute Gasteiger partial charge is 0.331 e. The van der Waals surface area contributed by atoms with Crippen molar-refractivity contribution >= 4 is 16.7 Å². The second kappa shape index (κ2) is 5.52. The van der Waals surface area contributed by atoms with Gasteiger partial charge in [-0.3, -0.25) is 4.79 Å². The molecule has 20 heavy (non-hydrogen) atoms. The first-order valence-electron chi connectivity index (χ1n) is 6.04. The molecule has 5 nitrogen and oxygen atoms in total. The molecule has 1 heterocycles. The molecule has 0 aliphatic heterocycles. The maximum absolute atomic E-state index is 11.7. The Morgan fingerprint density at radius 1 is 1.40 bits per heavy atom. The van der Waals surface area contributed by atoms with Gasteiger partial charge in [0.05, 0.1) is 11.1 Å². The Labute approximate surface area is 115 Å². The number of aromatic nitrogens is 2. The number of carboxylic acids is 1. The Hall–Kier alpha value is -2.69. The summed E-state index contributed by atoms with van der Waals surface area (Å²) < 4.78 is 0. The van der Waals surface area contributed by atoms with Crippen molar-refractivity contribution in [2.75, 3.05) is 0 Å². The van der Waals surface area contributed by atoms with E-state index in [2.05, 4.69) is 16.8 Å². The van der Waals surface area contributed by atoms with Gasteiger partial charge in [0, 0.05) is 17.4 Å². The van der Waals surface area contributed by atoms with E-state index in [1.165, 1.54) is 13.0 Å². The minimum atomic E-state index is -0.981. The van der Waals surface area contributed by atoms with Crippen LogP contribution >= 0.6 is 0 Å². The Kier molecular flexibility index (Phi) is 3.79. The van der Waals surface area contributed by atoms with Crippen molar-refractivity contribution in [3.63, 3.8) is 0 Å². The number of fused-ring (bicyclic) bond motifs is 1. The molecule has 5 heteroatoms. The van der Waals surface area contributed by atoms with Gasteiger partial charge in [-0.1, -0.05) is 24.8 Å². The number of hydrogen-bond donors (Lipinski definition) is 2. The molecule has 2 N–H and O–H groups in total. The molecule has 2 aromatic rings. The summed E-state index contributed by atoms with van der Waals surface area (Å²) in [6.45, 7) is 5.34. The fraction of sp³-hybridized carbons (Fsp3) is 0.133. The van der Waals surface area contributed by atoms with Crippen LogP contribution in [0.1, 0.15) is 12.6 Å². The number of carboxylic acid groups (broad SMARTS) is 1. The van der Waals surface area contributed by atoms with Crippen LogP contribution in [0.2, 0.25) is 0 Å². The average molecular weight is 270 g/mol. The predicted octanol–water partition coefficient (Wildman–Crippen LogP) is 2.05. The van der Waals surface area contributed by atoms with E-state index >= 15 is 0 Å². The number of H-pyrrole nitrogens is 1. The molecule has 0 aliphatic carbocycles. The van der Waals surface area contributed by atoms with Gasteiger partial charge in [0.2, 0.25) is 0 Å². The van der Waals surface area contributed by atoms with Crippen LogP contribution in [0.25, 0.3) is 10.8 Å². The molecule has 0 amide bonds. The number of aliphatic carboxylic acids is 1. The topological polar surface area (TPSA) is 83.0 Å². The lowest BCUT2D eigenvalue weighted by atomic mass is 10.0. The summed E-state index contributed by atoms with van der Waals surface area (Å²) in [5.74, 6) is -0.981. The fourth-order valence-corrected chi connectivity index (χ4v) is 1.94. The highest BCUT2D eigenvalue weighted by Gasteiger charge is 2.07. The van der Waals surface area contributed by atoms with E-state index in [4.69, 9.17) is 5.11 Å². The molecule has 0 atom stereocenters. The molecule has 0 fully saturated rings. The third-order valence-corrected chi connectivity index (χ3v) is 2.93. The summed E-state index contributed by atoms with van der Waals surface area (Å²) in [6, 6.07) is 7.15. The lowest BCUT2D eigenvalue weighted by Crippen LogP contribution is -2.11. The molecule has 0 unspecified atom stereocenters. The van der Waals surface area contributed by atoms with Crippen LogP contribution in [-0.2, 0) is 11.2 Å². The van der Waals surface area contributed by atoms with Crippen molar-refractivity contribution in [2.45, 2.75) is 13.3 Å². The minimum absolute atomic E-state index is 0.212. The number of hydrogen-bond acceptors (Lipinski definition) is 3. The number of carbonyl (C=O) groups is 1. The van der Waals surface area contributed by atoms with Crippen LogP contribution in [0.3, 0.4) is 0 Å². The van der Waals surface area contributed by atoms with Crippen LogP contribution in [0.15, 0.2) is 52.9 Å². The summed E-state index contributed by atoms with van der Waals surface area (Å²) in [5.41, 5.74) is 1.25. The first-order chi connectivity index (χ1) is 9.49. The third-order valence-electron chi connectivity index (χ3n) is 2.93. The molecular weight excluding hydrogens is 256 g/mol. The molecule has 0 radical (unpaired) electrons. The Bertz CT molecular complexity index is 772. The monoisotopic (exact) mass is 270 g/mol. The lowest BCUT2D eigenvalue weighted by Gasteiger charge is -2.05. The maximum Gasteiger partial charge on any atom is 0.331 e. The zero-order chi connectivity index (χ0) is 14.7. The van der Waals surface area contributed by atoms with Gasteiger partial charge in [-0.25, -0.2) is 9.89 Å². The first kappa shape index (κ1) is 13.7. The molecule has 0 saturated heterocycles. The highest BCUT2D eigenvalue weighted by atomic mass is 16.4. The molecule has 0 spiro atoms. The van der Waals surface area contributed by atoms with Crippen molar-refractivity contribution in [1.82, 2.24) is 10.2 Å². The lowest BCUT2D eigenvalue weighted by molar-refractivity contribution is -0.132. The van der Waals surface area contributed by atoms with Gasteiger partial charge in [-0.2, -0.15) is 5.10 Å². The van der Waals surface area contributed by atoms with E-state index in [-0.39, 0.29) is 11.1 Å². The van der Waals surface area contributed by atoms with Crippen molar-refractivity contribution < 1.29 is 9.90 Å². The van der Waals surface area contributed by atoms with Crippen LogP contribution < -0.4 is 5.56 Å². The van der Waals surface area contributed by atoms with E-state index in [9.17, 15) is 9.59 Å². The fourth-order valence-electron chi connectivity index (χ4n) is 1.94. The number of rotatable bonds is 4. The highest BCUT2D eigenvalue weighted by Crippen LogP contribution is 2.16. The minimum Gasteiger partial charge on any atom is -0.478 e. The Morgan fingerprint density at radius 3 is 2.70 bits per heavy atom. The van der Waals surface area contributed by atoms with Crippen molar-refractivity contribution in [3.05, 3.63) is 64.1 Å². The second-order valence-electron chi connectivity index (χ2n) is 4.51. The van der Waals surface area contributed by atoms with Gasteiger partial charge in [0.25, 0.3) is 5.56 Å². The van der Waals surface area contributed by atoms with Crippen LogP contribution in [0.4, 0.5) is 0 Å². The molecule has 0 saturated carbocycles. The van der Waals surface area contributed by atoms with E-state index in [1.54, 1.807) is 12.1 Å². The number of aromatic amines is 1. The number of nitrogens with one attached hydrogen (secondary N) is 1. The van der Waals surface area contributed by atoms with Crippen molar-refractivity contribution in [3.8, 4) is 0 Å². The van der Waals surface area contributed by atoms with Gasteiger partial charge in [0.1, 0.15) is 0 Å². The van der Waals surface area contributed by atoms with Gasteiger partial charge in [-0.05, 0) is 24.6 Å². The number of benzene rings is 1. The molecular formula is C15H14N2O3. The van der Waals surface area contributed by atoms with Gasteiger partial charge in [-0.15, -0.1) is 0 Å². The number of nitrogens with zero attached hydrogens (tertiary/aromatic N) is 1. The van der Waals surface area contributed by atoms with Gasteiger partial charge in [0.15, 0.2) is 0 Å². The standard InChI is InChI=1S/C15H14N2O3/c1-9(7-10(2)15(19)20)8-13-11-5-3-4-6-12(11)14(18)17-16-13/h3-7H,1,8H2,2H3,(H,17,18)(H,19,20). The quantitative estimate of drug-likeness (QED) is 0.658. The highest BCUT2D eigenvalue weighted by molar-refractivity contribution is 5.86. The zero-order valence-corrected chi connectivity index (χ0v) is 11.0. The van der Waals surface area contributed by atoms with Crippen LogP contribution in [0.5, 0.6) is 0 Å². The van der Waals surface area contributed by atoms with E-state index < -0.39 is 5.97 Å². The largest absolute Gasteiger partial charge is 0.478 e. The van der Waals surface area contributed by atoms with Crippen LogP contribution in [0, 0.1) is 0 Å². The maximum atomic E-state index is 11.7. The van der Waals surface area contributed by atoms with Crippen LogP contribution in [-0.4, -0.2) is 21.3 Å². The van der Waals surface area contributed by atoms with Crippen molar-refractivity contribution in [1.29, 1.82) is 0 Å². The summed E-state index contributed by atoms with van der Waals surface area (Å²) in [4.78, 5) is 22.4. The molecule has 0 aliphatic rings. The summed E-state index contributed by atoms with van der Waals surface area (Å²) in [6.07, 6.45) is 1.88. The molecule has 102 valence electrons. The predicted molar refractivity (Wildman–Crippen MR) is 76.6 cm³/mol. The second-order valence-corrected chi connectivity index (χ2v) is 4.51. The van der Waals surface area contributed by atoms with Gasteiger partial charge < -0.3 is 5.11 Å². The first-order valence-corrected chi connectivity index (χ1v) is 6.04. The summed E-state index contributed by atoms with van der Waals surface area (Å²) in [5, 5.41) is 16.6. The molecule has 1 aromatic carbocycles. The van der Waals surface area contributed by atoms with E-state index in [0.717, 1.165) is 5.39 Å². The van der Waals surface area contributed by atoms with Gasteiger partial charge >= 0.3 is 5.97 Å². The SMILES string of the molecule is C=C(C=C(C)C(=O)O)Cc1n[nH]c(=O)c2ccccc12. The van der Waals surface area contributed by atoms with Crippen molar-refractivity contribution in [2.24, 2.45) is 0 Å². The molecule has 2 rings (SSSR count). The number of allylic oxidation sites excluding steroid dienone is 2. The molecule has 0 bridgehead atoms. The normalized spacial score (nSPS) is 11.6. The summed E-state index contributed by atoms with van der Waals surface area (Å²) >= 11 is 0. The van der Waals surface area contributed by atoms with E-state index in [0.29, 0.717) is 23.1 Å². The average Bonchev–Trinajstić information content (AvgIpc) is 2.42. The zero-order valence-electron chi connectivity index (χ0n) is 11.0. The third kappa shape index (κ3) is 2.83. The Morgan fingerprint density at radius 2 is 2.05 bits per heavy atom. The summed E-state index contributed by atoms with van der Waals surface area (Å²) in [7, 11) is 0. The van der Waals surface area contributed by atoms with E-state index in [1.807, 2.05) is 12.1 Å². The molecule has 1 aromatic heterocycles.